The van der Waals surface area contributed by atoms with Gasteiger partial charge < -0.3 is 10.2 Å². The van der Waals surface area contributed by atoms with E-state index >= 15 is 0 Å². The standard InChI is InChI=1S/C33H36Cl2F3N3O4S/c1-46(44,45)41(27-14-7-11-25(21-27)33(36,37)38)18-8-15-31(42)40(22-24-16-17-28(34)29(35)19-24)30(20-23-9-3-2-4-10-23)32(43)39-26-12-5-6-13-26/h2-4,7,9-11,14,16-17,19,21,26,30H,5-6,8,12-13,15,18,20,22H2,1H3,(H,39,43)/t30-/m1/s1. The highest BCUT2D eigenvalue weighted by Crippen LogP contribution is 2.32. The van der Waals surface area contributed by atoms with Gasteiger partial charge in [0.25, 0.3) is 0 Å². The normalized spacial score (nSPS) is 14.6. The smallest absolute Gasteiger partial charge is 0.352 e. The summed E-state index contributed by atoms with van der Waals surface area (Å²) in [4.78, 5) is 29.3. The number of hydrogen-bond acceptors (Lipinski definition) is 4. The van der Waals surface area contributed by atoms with Gasteiger partial charge in [0.2, 0.25) is 21.8 Å². The lowest BCUT2D eigenvalue weighted by Gasteiger charge is -2.33. The van der Waals surface area contributed by atoms with E-state index in [9.17, 15) is 31.2 Å². The molecule has 0 spiro atoms. The third kappa shape index (κ3) is 9.86. The molecule has 3 aromatic rings. The van der Waals surface area contributed by atoms with Crippen LogP contribution >= 0.6 is 23.2 Å². The van der Waals surface area contributed by atoms with Gasteiger partial charge in [-0.1, -0.05) is 78.5 Å². The molecule has 1 atom stereocenters. The van der Waals surface area contributed by atoms with E-state index in [2.05, 4.69) is 5.32 Å². The van der Waals surface area contributed by atoms with Gasteiger partial charge in [-0.3, -0.25) is 13.9 Å². The summed E-state index contributed by atoms with van der Waals surface area (Å²) < 4.78 is 66.2. The molecule has 7 nitrogen and oxygen atoms in total. The summed E-state index contributed by atoms with van der Waals surface area (Å²) in [6.45, 7) is -0.223. The minimum absolute atomic E-state index is 0.00322. The number of alkyl halides is 3. The molecule has 0 bridgehead atoms. The summed E-state index contributed by atoms with van der Waals surface area (Å²) in [5.41, 5.74) is 0.333. The van der Waals surface area contributed by atoms with Crippen LogP contribution in [0, 0.1) is 0 Å². The molecule has 0 saturated heterocycles. The number of nitrogens with one attached hydrogen (secondary N) is 1. The minimum atomic E-state index is -4.66. The number of anilines is 1. The van der Waals surface area contributed by atoms with Crippen molar-refractivity contribution in [3.05, 3.63) is 99.5 Å². The number of sulfonamides is 1. The van der Waals surface area contributed by atoms with Crippen LogP contribution < -0.4 is 9.62 Å². The van der Waals surface area contributed by atoms with Crippen LogP contribution in [0.4, 0.5) is 18.9 Å². The molecule has 1 fully saturated rings. The van der Waals surface area contributed by atoms with Crippen LogP contribution in [-0.2, 0) is 38.8 Å². The summed E-state index contributed by atoms with van der Waals surface area (Å²) in [6.07, 6.45) is -0.0145. The Bertz CT molecular complexity index is 1620. The first kappa shape index (κ1) is 35.6. The van der Waals surface area contributed by atoms with Gasteiger partial charge in [-0.15, -0.1) is 0 Å². The molecule has 13 heteroatoms. The van der Waals surface area contributed by atoms with Crippen LogP contribution in [0.1, 0.15) is 55.2 Å². The second-order valence-corrected chi connectivity index (χ2v) is 14.2. The molecule has 3 aromatic carbocycles. The molecule has 1 aliphatic carbocycles. The fraction of sp³-hybridized carbons (Fsp3) is 0.394. The topological polar surface area (TPSA) is 86.8 Å². The van der Waals surface area contributed by atoms with Gasteiger partial charge in [0.1, 0.15) is 6.04 Å². The largest absolute Gasteiger partial charge is 0.416 e. The molecule has 1 aliphatic rings. The first-order valence-electron chi connectivity index (χ1n) is 14.9. The first-order valence-corrected chi connectivity index (χ1v) is 17.6. The van der Waals surface area contributed by atoms with E-state index in [1.54, 1.807) is 18.2 Å². The molecule has 2 amide bonds. The average Bonchev–Trinajstić information content (AvgIpc) is 3.51. The van der Waals surface area contributed by atoms with Crippen LogP contribution in [-0.4, -0.2) is 50.0 Å². The number of carbonyl (C=O) groups is 2. The van der Waals surface area contributed by atoms with Crippen molar-refractivity contribution in [3.63, 3.8) is 0 Å². The van der Waals surface area contributed by atoms with E-state index in [1.165, 1.54) is 11.0 Å². The molecule has 46 heavy (non-hydrogen) atoms. The highest BCUT2D eigenvalue weighted by molar-refractivity contribution is 7.92. The van der Waals surface area contributed by atoms with Crippen molar-refractivity contribution >= 4 is 50.7 Å². The number of amides is 2. The minimum Gasteiger partial charge on any atom is -0.352 e. The monoisotopic (exact) mass is 697 g/mol. The van der Waals surface area contributed by atoms with Crippen LogP contribution in [0.25, 0.3) is 0 Å². The molecule has 0 heterocycles. The summed E-state index contributed by atoms with van der Waals surface area (Å²) in [7, 11) is -3.99. The lowest BCUT2D eigenvalue weighted by molar-refractivity contribution is -0.141. The van der Waals surface area contributed by atoms with Crippen molar-refractivity contribution in [2.75, 3.05) is 17.1 Å². The predicted molar refractivity (Wildman–Crippen MR) is 174 cm³/mol. The third-order valence-corrected chi connectivity index (χ3v) is 9.86. The Morgan fingerprint density at radius 1 is 0.935 bits per heavy atom. The predicted octanol–water partition coefficient (Wildman–Crippen LogP) is 7.26. The number of benzene rings is 3. The maximum absolute atomic E-state index is 14.0. The molecular formula is C33H36Cl2F3N3O4S. The molecule has 0 radical (unpaired) electrons. The van der Waals surface area contributed by atoms with Crippen molar-refractivity contribution < 1.29 is 31.2 Å². The van der Waals surface area contributed by atoms with E-state index in [4.69, 9.17) is 23.2 Å². The molecule has 248 valence electrons. The molecule has 4 rings (SSSR count). The van der Waals surface area contributed by atoms with Gasteiger partial charge in [-0.2, -0.15) is 13.2 Å². The van der Waals surface area contributed by atoms with Crippen molar-refractivity contribution in [1.82, 2.24) is 10.2 Å². The molecule has 0 aliphatic heterocycles. The van der Waals surface area contributed by atoms with Gasteiger partial charge in [0, 0.05) is 32.0 Å². The molecule has 1 N–H and O–H groups in total. The molecule has 0 unspecified atom stereocenters. The van der Waals surface area contributed by atoms with E-state index in [0.29, 0.717) is 10.6 Å². The van der Waals surface area contributed by atoms with E-state index in [1.807, 2.05) is 30.3 Å². The Morgan fingerprint density at radius 2 is 1.63 bits per heavy atom. The second kappa shape index (κ2) is 15.5. The number of halogens is 5. The quantitative estimate of drug-likeness (QED) is 0.204. The summed E-state index contributed by atoms with van der Waals surface area (Å²) in [5.74, 6) is -0.725. The maximum atomic E-state index is 14.0. The average molecular weight is 699 g/mol. The van der Waals surface area contributed by atoms with Crippen molar-refractivity contribution in [2.24, 2.45) is 0 Å². The van der Waals surface area contributed by atoms with Crippen LogP contribution in [0.5, 0.6) is 0 Å². The zero-order valence-corrected chi connectivity index (χ0v) is 27.6. The fourth-order valence-corrected chi connectivity index (χ4v) is 6.88. The number of rotatable bonds is 13. The van der Waals surface area contributed by atoms with Gasteiger partial charge in [-0.05, 0) is 60.7 Å². The number of nitrogens with zero attached hydrogens (tertiary/aromatic N) is 2. The highest BCUT2D eigenvalue weighted by Gasteiger charge is 2.33. The summed E-state index contributed by atoms with van der Waals surface area (Å²) >= 11 is 12.4. The maximum Gasteiger partial charge on any atom is 0.416 e. The van der Waals surface area contributed by atoms with E-state index < -0.39 is 33.7 Å². The lowest BCUT2D eigenvalue weighted by atomic mass is 10.0. The molecule has 1 saturated carbocycles. The SMILES string of the molecule is CS(=O)(=O)N(CCCC(=O)N(Cc1ccc(Cl)c(Cl)c1)[C@H](Cc1ccccc1)C(=O)NC1CCCC1)c1cccc(C(F)(F)F)c1. The Hall–Kier alpha value is -3.28. The Morgan fingerprint density at radius 3 is 2.26 bits per heavy atom. The number of carbonyl (C=O) groups excluding carboxylic acids is 2. The van der Waals surface area contributed by atoms with E-state index in [-0.39, 0.29) is 55.0 Å². The fourth-order valence-electron chi connectivity index (χ4n) is 5.60. The third-order valence-electron chi connectivity index (χ3n) is 7.92. The Kier molecular flexibility index (Phi) is 12.0. The molecule has 0 aromatic heterocycles. The zero-order valence-electron chi connectivity index (χ0n) is 25.3. The van der Waals surface area contributed by atoms with Gasteiger partial charge in [0.15, 0.2) is 0 Å². The summed E-state index contributed by atoms with van der Waals surface area (Å²) in [5, 5.41) is 3.73. The highest BCUT2D eigenvalue weighted by atomic mass is 35.5. The van der Waals surface area contributed by atoms with Crippen LogP contribution in [0.2, 0.25) is 10.0 Å². The van der Waals surface area contributed by atoms with Crippen LogP contribution in [0.3, 0.4) is 0 Å². The van der Waals surface area contributed by atoms with Gasteiger partial charge >= 0.3 is 6.18 Å². The van der Waals surface area contributed by atoms with Crippen LogP contribution in [0.15, 0.2) is 72.8 Å². The first-order chi connectivity index (χ1) is 21.7. The van der Waals surface area contributed by atoms with Crippen molar-refractivity contribution in [3.8, 4) is 0 Å². The Labute approximate surface area is 277 Å². The van der Waals surface area contributed by atoms with Gasteiger partial charge in [-0.25, -0.2) is 8.42 Å². The molecular weight excluding hydrogens is 662 g/mol. The van der Waals surface area contributed by atoms with Crippen molar-refractivity contribution in [1.29, 1.82) is 0 Å². The number of hydrogen-bond donors (Lipinski definition) is 1. The Balaban J connectivity index is 1.61. The van der Waals surface area contributed by atoms with E-state index in [0.717, 1.165) is 60.0 Å². The second-order valence-electron chi connectivity index (χ2n) is 11.5. The lowest BCUT2D eigenvalue weighted by Crippen LogP contribution is -2.52. The van der Waals surface area contributed by atoms with Gasteiger partial charge in [0.05, 0.1) is 27.6 Å². The zero-order chi connectivity index (χ0) is 33.5. The van der Waals surface area contributed by atoms with Crippen molar-refractivity contribution in [2.45, 2.75) is 69.8 Å². The summed E-state index contributed by atoms with van der Waals surface area (Å²) in [6, 6.07) is 17.4.